The lowest BCUT2D eigenvalue weighted by Crippen LogP contribution is -2.48. The summed E-state index contributed by atoms with van der Waals surface area (Å²) < 4.78 is 25.8. The molecule has 0 aliphatic heterocycles. The zero-order valence-corrected chi connectivity index (χ0v) is 18.8. The standard InChI is InChI=1S/C20H24Cl2N2O3S/c1-12-6-8-17(13(2)10-12)14(3)23-20(25)15(4)24(28(5,26)27)16-7-9-18(21)19(22)11-16/h6-11,14-15H,1-5H3,(H,23,25)/t14-,15+/m1/s1. The van der Waals surface area contributed by atoms with Gasteiger partial charge in [-0.3, -0.25) is 9.10 Å². The summed E-state index contributed by atoms with van der Waals surface area (Å²) >= 11 is 12.0. The Labute approximate surface area is 176 Å². The molecule has 0 aromatic heterocycles. The molecule has 8 heteroatoms. The minimum atomic E-state index is -3.74. The van der Waals surface area contributed by atoms with Crippen LogP contribution in [-0.4, -0.2) is 26.6 Å². The number of hydrogen-bond acceptors (Lipinski definition) is 3. The van der Waals surface area contributed by atoms with Crippen molar-refractivity contribution in [1.29, 1.82) is 0 Å². The third kappa shape index (κ3) is 5.19. The van der Waals surface area contributed by atoms with Gasteiger partial charge >= 0.3 is 0 Å². The summed E-state index contributed by atoms with van der Waals surface area (Å²) in [6, 6.07) is 9.20. The van der Waals surface area contributed by atoms with Crippen molar-refractivity contribution in [2.45, 2.75) is 39.8 Å². The molecule has 0 saturated heterocycles. The number of amides is 1. The maximum Gasteiger partial charge on any atom is 0.244 e. The highest BCUT2D eigenvalue weighted by Gasteiger charge is 2.30. The van der Waals surface area contributed by atoms with Crippen molar-refractivity contribution in [3.05, 3.63) is 63.1 Å². The van der Waals surface area contributed by atoms with Crippen LogP contribution in [0, 0.1) is 13.8 Å². The molecule has 0 saturated carbocycles. The van der Waals surface area contributed by atoms with Gasteiger partial charge in [0.25, 0.3) is 0 Å². The fourth-order valence-corrected chi connectivity index (χ4v) is 4.61. The van der Waals surface area contributed by atoms with Crippen molar-refractivity contribution in [2.24, 2.45) is 0 Å². The molecule has 2 aromatic rings. The average Bonchev–Trinajstić information content (AvgIpc) is 2.56. The number of halogens is 2. The van der Waals surface area contributed by atoms with Gasteiger partial charge in [0.2, 0.25) is 15.9 Å². The van der Waals surface area contributed by atoms with Crippen LogP contribution in [0.5, 0.6) is 0 Å². The van der Waals surface area contributed by atoms with E-state index in [1.807, 2.05) is 39.0 Å². The summed E-state index contributed by atoms with van der Waals surface area (Å²) in [5.74, 6) is -0.413. The Hall–Kier alpha value is -1.76. The number of nitrogens with one attached hydrogen (secondary N) is 1. The molecule has 2 atom stereocenters. The summed E-state index contributed by atoms with van der Waals surface area (Å²) in [6.07, 6.45) is 1.05. The van der Waals surface area contributed by atoms with Crippen LogP contribution in [0.25, 0.3) is 0 Å². The molecule has 1 N–H and O–H groups in total. The number of sulfonamides is 1. The second-order valence-corrected chi connectivity index (χ2v) is 9.60. The summed E-state index contributed by atoms with van der Waals surface area (Å²) in [6.45, 7) is 7.39. The third-order valence-electron chi connectivity index (χ3n) is 4.50. The molecule has 152 valence electrons. The van der Waals surface area contributed by atoms with Crippen molar-refractivity contribution in [2.75, 3.05) is 10.6 Å². The van der Waals surface area contributed by atoms with Crippen LogP contribution in [0.15, 0.2) is 36.4 Å². The molecule has 2 rings (SSSR count). The molecular weight excluding hydrogens is 419 g/mol. The summed E-state index contributed by atoms with van der Waals surface area (Å²) in [4.78, 5) is 12.8. The van der Waals surface area contributed by atoms with Gasteiger partial charge in [0.1, 0.15) is 6.04 Å². The Bertz CT molecular complexity index is 993. The van der Waals surface area contributed by atoms with E-state index >= 15 is 0 Å². The number of aryl methyl sites for hydroxylation is 2. The molecule has 0 unspecified atom stereocenters. The number of hydrogen-bond donors (Lipinski definition) is 1. The van der Waals surface area contributed by atoms with Gasteiger partial charge in [-0.25, -0.2) is 8.42 Å². The maximum atomic E-state index is 12.8. The van der Waals surface area contributed by atoms with E-state index in [-0.39, 0.29) is 16.8 Å². The van der Waals surface area contributed by atoms with E-state index in [2.05, 4.69) is 5.32 Å². The largest absolute Gasteiger partial charge is 0.348 e. The van der Waals surface area contributed by atoms with Crippen molar-refractivity contribution in [1.82, 2.24) is 5.32 Å². The van der Waals surface area contributed by atoms with Gasteiger partial charge in [-0.05, 0) is 57.0 Å². The number of benzene rings is 2. The molecule has 0 heterocycles. The fourth-order valence-electron chi connectivity index (χ4n) is 3.15. The van der Waals surface area contributed by atoms with Gasteiger partial charge in [-0.2, -0.15) is 0 Å². The van der Waals surface area contributed by atoms with Gasteiger partial charge in [0.05, 0.1) is 28.0 Å². The van der Waals surface area contributed by atoms with Gasteiger partial charge in [-0.15, -0.1) is 0 Å². The Balaban J connectivity index is 2.29. The fraction of sp³-hybridized carbons (Fsp3) is 0.350. The number of anilines is 1. The van der Waals surface area contributed by atoms with Crippen LogP contribution in [0.1, 0.15) is 36.6 Å². The zero-order chi connectivity index (χ0) is 21.2. The normalized spacial score (nSPS) is 13.7. The van der Waals surface area contributed by atoms with Crippen LogP contribution < -0.4 is 9.62 Å². The SMILES string of the molecule is Cc1ccc([C@@H](C)NC(=O)[C@H](C)N(c2ccc(Cl)c(Cl)c2)S(C)(=O)=O)c(C)c1. The van der Waals surface area contributed by atoms with E-state index in [1.165, 1.54) is 25.1 Å². The van der Waals surface area contributed by atoms with E-state index < -0.39 is 22.0 Å². The first-order chi connectivity index (χ1) is 12.9. The monoisotopic (exact) mass is 442 g/mol. The summed E-state index contributed by atoms with van der Waals surface area (Å²) in [5.41, 5.74) is 3.45. The Kier molecular flexibility index (Phi) is 7.02. The summed E-state index contributed by atoms with van der Waals surface area (Å²) in [5, 5.41) is 3.42. The molecule has 0 aliphatic carbocycles. The first-order valence-electron chi connectivity index (χ1n) is 8.73. The van der Waals surface area contributed by atoms with Crippen LogP contribution in [0.4, 0.5) is 5.69 Å². The second kappa shape index (κ2) is 8.72. The van der Waals surface area contributed by atoms with Crippen molar-refractivity contribution in [3.8, 4) is 0 Å². The second-order valence-electron chi connectivity index (χ2n) is 6.92. The average molecular weight is 443 g/mol. The highest BCUT2D eigenvalue weighted by molar-refractivity contribution is 7.92. The van der Waals surface area contributed by atoms with E-state index in [0.717, 1.165) is 27.3 Å². The topological polar surface area (TPSA) is 66.5 Å². The highest BCUT2D eigenvalue weighted by Crippen LogP contribution is 2.30. The summed E-state index contributed by atoms with van der Waals surface area (Å²) in [7, 11) is -3.74. The van der Waals surface area contributed by atoms with E-state index in [9.17, 15) is 13.2 Å². The van der Waals surface area contributed by atoms with Gasteiger partial charge in [-0.1, -0.05) is 47.0 Å². The van der Waals surface area contributed by atoms with Crippen LogP contribution in [-0.2, 0) is 14.8 Å². The number of rotatable bonds is 6. The van der Waals surface area contributed by atoms with Gasteiger partial charge in [0.15, 0.2) is 0 Å². The molecule has 0 bridgehead atoms. The maximum absolute atomic E-state index is 12.8. The minimum absolute atomic E-state index is 0.212. The van der Waals surface area contributed by atoms with Crippen LogP contribution in [0.2, 0.25) is 10.0 Å². The smallest absolute Gasteiger partial charge is 0.244 e. The molecular formula is C20H24Cl2N2O3S. The molecule has 0 spiro atoms. The van der Waals surface area contributed by atoms with E-state index in [1.54, 1.807) is 0 Å². The molecule has 2 aromatic carbocycles. The lowest BCUT2D eigenvalue weighted by atomic mass is 10.00. The van der Waals surface area contributed by atoms with E-state index in [0.29, 0.717) is 5.02 Å². The molecule has 28 heavy (non-hydrogen) atoms. The van der Waals surface area contributed by atoms with Gasteiger partial charge in [0, 0.05) is 0 Å². The lowest BCUT2D eigenvalue weighted by molar-refractivity contribution is -0.122. The lowest BCUT2D eigenvalue weighted by Gasteiger charge is -2.29. The molecule has 0 fully saturated rings. The van der Waals surface area contributed by atoms with Crippen LogP contribution in [0.3, 0.4) is 0 Å². The quantitative estimate of drug-likeness (QED) is 0.707. The predicted molar refractivity (Wildman–Crippen MR) is 116 cm³/mol. The minimum Gasteiger partial charge on any atom is -0.348 e. The van der Waals surface area contributed by atoms with Crippen molar-refractivity contribution >= 4 is 44.8 Å². The number of carbonyl (C=O) groups is 1. The van der Waals surface area contributed by atoms with Crippen molar-refractivity contribution in [3.63, 3.8) is 0 Å². The van der Waals surface area contributed by atoms with Crippen LogP contribution >= 0.6 is 23.2 Å². The Morgan fingerprint density at radius 3 is 2.21 bits per heavy atom. The first-order valence-corrected chi connectivity index (χ1v) is 11.3. The van der Waals surface area contributed by atoms with E-state index in [4.69, 9.17) is 23.2 Å². The molecule has 1 amide bonds. The predicted octanol–water partition coefficient (Wildman–Crippen LogP) is 4.64. The highest BCUT2D eigenvalue weighted by atomic mass is 35.5. The third-order valence-corrected chi connectivity index (χ3v) is 6.48. The Morgan fingerprint density at radius 2 is 1.68 bits per heavy atom. The number of carbonyl (C=O) groups excluding carboxylic acids is 1. The molecule has 0 aliphatic rings. The number of nitrogens with zero attached hydrogens (tertiary/aromatic N) is 1. The molecule has 0 radical (unpaired) electrons. The molecule has 5 nitrogen and oxygen atoms in total. The van der Waals surface area contributed by atoms with Crippen molar-refractivity contribution < 1.29 is 13.2 Å². The zero-order valence-electron chi connectivity index (χ0n) is 16.5. The first kappa shape index (κ1) is 22.5. The Morgan fingerprint density at radius 1 is 1.04 bits per heavy atom. The van der Waals surface area contributed by atoms with Gasteiger partial charge < -0.3 is 5.32 Å².